The van der Waals surface area contributed by atoms with Gasteiger partial charge in [-0.15, -0.1) is 0 Å². The van der Waals surface area contributed by atoms with Crippen molar-refractivity contribution in [2.24, 2.45) is 0 Å². The van der Waals surface area contributed by atoms with Crippen LogP contribution in [0.3, 0.4) is 0 Å². The summed E-state index contributed by atoms with van der Waals surface area (Å²) in [6, 6.07) is 3.92. The third-order valence-electron chi connectivity index (χ3n) is 3.35. The standard InChI is InChI=1S/C13H10F3N3O/c14-13(15,16)10-3-1-2-8-9(7-5-17-18-6-7)4-11(20)19-12(8)10/h1-3,5-6,9H,4H2,(H,17,18)(H,19,20). The smallest absolute Gasteiger partial charge is 0.325 e. The number of aromatic nitrogens is 2. The fourth-order valence-electron chi connectivity index (χ4n) is 2.47. The largest absolute Gasteiger partial charge is 0.418 e. The number of hydrogen-bond donors (Lipinski definition) is 2. The molecular weight excluding hydrogens is 271 g/mol. The van der Waals surface area contributed by atoms with Gasteiger partial charge in [-0.25, -0.2) is 0 Å². The maximum absolute atomic E-state index is 13.0. The van der Waals surface area contributed by atoms with Crippen molar-refractivity contribution in [3.8, 4) is 0 Å². The molecule has 0 bridgehead atoms. The molecule has 20 heavy (non-hydrogen) atoms. The van der Waals surface area contributed by atoms with Gasteiger partial charge in [0.05, 0.1) is 17.4 Å². The van der Waals surface area contributed by atoms with Gasteiger partial charge in [0.2, 0.25) is 5.91 Å². The summed E-state index contributed by atoms with van der Waals surface area (Å²) in [5.41, 5.74) is 0.181. The van der Waals surface area contributed by atoms with Crippen molar-refractivity contribution in [2.45, 2.75) is 18.5 Å². The summed E-state index contributed by atoms with van der Waals surface area (Å²) < 4.78 is 39.0. The van der Waals surface area contributed by atoms with Crippen molar-refractivity contribution in [3.63, 3.8) is 0 Å². The quantitative estimate of drug-likeness (QED) is 0.844. The molecule has 2 N–H and O–H groups in total. The molecule has 0 saturated carbocycles. The fraction of sp³-hybridized carbons (Fsp3) is 0.231. The van der Waals surface area contributed by atoms with E-state index >= 15 is 0 Å². The third kappa shape index (κ3) is 2.04. The molecule has 1 aliphatic rings. The maximum Gasteiger partial charge on any atom is 0.418 e. The van der Waals surface area contributed by atoms with Crippen LogP contribution in [0, 0.1) is 0 Å². The first-order chi connectivity index (χ1) is 9.47. The number of amides is 1. The Bertz CT molecular complexity index is 649. The summed E-state index contributed by atoms with van der Waals surface area (Å²) in [6.45, 7) is 0. The van der Waals surface area contributed by atoms with Crippen LogP contribution in [0.15, 0.2) is 30.6 Å². The van der Waals surface area contributed by atoms with E-state index in [0.717, 1.165) is 6.07 Å². The van der Waals surface area contributed by atoms with E-state index in [1.54, 1.807) is 12.3 Å². The lowest BCUT2D eigenvalue weighted by Crippen LogP contribution is -2.26. The molecule has 2 heterocycles. The number of aromatic amines is 1. The van der Waals surface area contributed by atoms with Crippen LogP contribution in [-0.4, -0.2) is 16.1 Å². The molecule has 0 saturated heterocycles. The Balaban J connectivity index is 2.17. The zero-order chi connectivity index (χ0) is 14.3. The number of fused-ring (bicyclic) bond motifs is 1. The van der Waals surface area contributed by atoms with Crippen molar-refractivity contribution < 1.29 is 18.0 Å². The molecule has 3 rings (SSSR count). The van der Waals surface area contributed by atoms with Crippen LogP contribution in [0.2, 0.25) is 0 Å². The van der Waals surface area contributed by atoms with Crippen LogP contribution >= 0.6 is 0 Å². The number of H-pyrrole nitrogens is 1. The molecule has 7 heteroatoms. The number of rotatable bonds is 1. The highest BCUT2D eigenvalue weighted by atomic mass is 19.4. The molecule has 1 aromatic heterocycles. The van der Waals surface area contributed by atoms with Gasteiger partial charge in [-0.05, 0) is 17.2 Å². The van der Waals surface area contributed by atoms with E-state index in [4.69, 9.17) is 0 Å². The van der Waals surface area contributed by atoms with Crippen molar-refractivity contribution in [2.75, 3.05) is 5.32 Å². The number of carbonyl (C=O) groups excluding carboxylic acids is 1. The van der Waals surface area contributed by atoms with Crippen LogP contribution in [0.1, 0.15) is 29.0 Å². The SMILES string of the molecule is O=C1CC(c2cn[nH]c2)c2cccc(C(F)(F)F)c2N1. The fourth-order valence-corrected chi connectivity index (χ4v) is 2.47. The molecule has 0 radical (unpaired) electrons. The van der Waals surface area contributed by atoms with Gasteiger partial charge < -0.3 is 5.32 Å². The lowest BCUT2D eigenvalue weighted by atomic mass is 9.85. The van der Waals surface area contributed by atoms with Gasteiger partial charge in [-0.2, -0.15) is 18.3 Å². The summed E-state index contributed by atoms with van der Waals surface area (Å²) in [4.78, 5) is 11.7. The molecular formula is C13H10F3N3O. The van der Waals surface area contributed by atoms with E-state index in [1.165, 1.54) is 12.3 Å². The highest BCUT2D eigenvalue weighted by Gasteiger charge is 2.38. The van der Waals surface area contributed by atoms with E-state index < -0.39 is 23.6 Å². The molecule has 0 fully saturated rings. The third-order valence-corrected chi connectivity index (χ3v) is 3.35. The van der Waals surface area contributed by atoms with Crippen LogP contribution in [0.4, 0.5) is 18.9 Å². The summed E-state index contributed by atoms with van der Waals surface area (Å²) in [7, 11) is 0. The summed E-state index contributed by atoms with van der Waals surface area (Å²) in [5.74, 6) is -0.847. The molecule has 1 atom stereocenters. The number of para-hydroxylation sites is 1. The monoisotopic (exact) mass is 281 g/mol. The zero-order valence-corrected chi connectivity index (χ0v) is 10.2. The highest BCUT2D eigenvalue weighted by molar-refractivity contribution is 5.96. The Morgan fingerprint density at radius 1 is 1.30 bits per heavy atom. The predicted molar refractivity (Wildman–Crippen MR) is 65.1 cm³/mol. The summed E-state index contributed by atoms with van der Waals surface area (Å²) in [6.07, 6.45) is -1.29. The Morgan fingerprint density at radius 2 is 2.10 bits per heavy atom. The molecule has 104 valence electrons. The number of anilines is 1. The van der Waals surface area contributed by atoms with Gasteiger partial charge in [0.25, 0.3) is 0 Å². The average molecular weight is 281 g/mol. The van der Waals surface area contributed by atoms with E-state index in [2.05, 4.69) is 15.5 Å². The van der Waals surface area contributed by atoms with E-state index in [9.17, 15) is 18.0 Å². The maximum atomic E-state index is 13.0. The van der Waals surface area contributed by atoms with E-state index in [-0.39, 0.29) is 12.1 Å². The number of benzene rings is 1. The number of hydrogen-bond acceptors (Lipinski definition) is 2. The first kappa shape index (κ1) is 12.7. The van der Waals surface area contributed by atoms with Crippen LogP contribution in [0.25, 0.3) is 0 Å². The van der Waals surface area contributed by atoms with Crippen LogP contribution in [0.5, 0.6) is 0 Å². The van der Waals surface area contributed by atoms with E-state index in [0.29, 0.717) is 11.1 Å². The highest BCUT2D eigenvalue weighted by Crippen LogP contribution is 2.43. The van der Waals surface area contributed by atoms with Crippen LogP contribution < -0.4 is 5.32 Å². The Labute approximate surface area is 112 Å². The zero-order valence-electron chi connectivity index (χ0n) is 10.2. The molecule has 0 spiro atoms. The minimum atomic E-state index is -4.50. The molecule has 1 amide bonds. The minimum Gasteiger partial charge on any atom is -0.325 e. The lowest BCUT2D eigenvalue weighted by molar-refractivity contribution is -0.137. The predicted octanol–water partition coefficient (Wildman–Crippen LogP) is 2.90. The molecule has 2 aromatic rings. The van der Waals surface area contributed by atoms with Crippen LogP contribution in [-0.2, 0) is 11.0 Å². The van der Waals surface area contributed by atoms with E-state index in [1.807, 2.05) is 0 Å². The number of nitrogens with one attached hydrogen (secondary N) is 2. The number of halogens is 3. The first-order valence-electron chi connectivity index (χ1n) is 5.95. The van der Waals surface area contributed by atoms with Gasteiger partial charge in [0.15, 0.2) is 0 Å². The van der Waals surface area contributed by atoms with Gasteiger partial charge in [-0.3, -0.25) is 9.89 Å². The number of alkyl halides is 3. The van der Waals surface area contributed by atoms with Gasteiger partial charge >= 0.3 is 6.18 Å². The topological polar surface area (TPSA) is 57.8 Å². The molecule has 1 aliphatic heterocycles. The molecule has 0 aliphatic carbocycles. The van der Waals surface area contributed by atoms with Crippen molar-refractivity contribution in [1.82, 2.24) is 10.2 Å². The van der Waals surface area contributed by atoms with Gasteiger partial charge in [0, 0.05) is 18.5 Å². The number of carbonyl (C=O) groups is 1. The molecule has 1 aromatic carbocycles. The first-order valence-corrected chi connectivity index (χ1v) is 5.95. The summed E-state index contributed by atoms with van der Waals surface area (Å²) in [5, 5.41) is 8.74. The second kappa shape index (κ2) is 4.36. The normalized spacial score (nSPS) is 18.6. The lowest BCUT2D eigenvalue weighted by Gasteiger charge is -2.27. The van der Waals surface area contributed by atoms with Gasteiger partial charge in [0.1, 0.15) is 0 Å². The van der Waals surface area contributed by atoms with Gasteiger partial charge in [-0.1, -0.05) is 12.1 Å². The van der Waals surface area contributed by atoms with Crippen molar-refractivity contribution in [3.05, 3.63) is 47.3 Å². The van der Waals surface area contributed by atoms with Crippen molar-refractivity contribution in [1.29, 1.82) is 0 Å². The number of nitrogens with zero attached hydrogens (tertiary/aromatic N) is 1. The second-order valence-electron chi connectivity index (χ2n) is 4.60. The van der Waals surface area contributed by atoms with Crippen molar-refractivity contribution >= 4 is 11.6 Å². The molecule has 1 unspecified atom stereocenters. The molecule has 4 nitrogen and oxygen atoms in total. The minimum absolute atomic E-state index is 0.105. The summed E-state index contributed by atoms with van der Waals surface area (Å²) >= 11 is 0. The second-order valence-corrected chi connectivity index (χ2v) is 4.60. The Morgan fingerprint density at radius 3 is 2.75 bits per heavy atom. The Hall–Kier alpha value is -2.31. The average Bonchev–Trinajstić information content (AvgIpc) is 2.89. The Kier molecular flexibility index (Phi) is 2.77.